The summed E-state index contributed by atoms with van der Waals surface area (Å²) >= 11 is 0. The van der Waals surface area contributed by atoms with Crippen molar-refractivity contribution in [3.63, 3.8) is 0 Å². The summed E-state index contributed by atoms with van der Waals surface area (Å²) in [5, 5.41) is 0. The van der Waals surface area contributed by atoms with Crippen LogP contribution in [-0.2, 0) is 14.8 Å². The number of hydrogen-bond acceptors (Lipinski definition) is 6. The van der Waals surface area contributed by atoms with E-state index in [0.717, 1.165) is 0 Å². The van der Waals surface area contributed by atoms with E-state index in [2.05, 4.69) is 4.72 Å². The van der Waals surface area contributed by atoms with Gasteiger partial charge in [-0.05, 0) is 43.3 Å². The van der Waals surface area contributed by atoms with E-state index in [4.69, 9.17) is 14.2 Å². The van der Waals surface area contributed by atoms with Crippen molar-refractivity contribution in [2.24, 2.45) is 0 Å². The molecule has 0 aromatic heterocycles. The van der Waals surface area contributed by atoms with Crippen molar-refractivity contribution < 1.29 is 27.4 Å². The highest BCUT2D eigenvalue weighted by Crippen LogP contribution is 2.30. The third kappa shape index (κ3) is 4.63. The summed E-state index contributed by atoms with van der Waals surface area (Å²) in [7, 11) is -1.07. The normalized spacial score (nSPS) is 16.7. The van der Waals surface area contributed by atoms with Gasteiger partial charge in [0.1, 0.15) is 22.1 Å². The van der Waals surface area contributed by atoms with Gasteiger partial charge in [0, 0.05) is 30.8 Å². The predicted octanol–water partition coefficient (Wildman–Crippen LogP) is 2.19. The van der Waals surface area contributed by atoms with Crippen molar-refractivity contribution in [3.05, 3.63) is 42.5 Å². The lowest BCUT2D eigenvalue weighted by Gasteiger charge is -2.18. The molecule has 1 heterocycles. The topological polar surface area (TPSA) is 94.2 Å². The molecule has 0 unspecified atom stereocenters. The molecule has 2 aromatic carbocycles. The highest BCUT2D eigenvalue weighted by Gasteiger charge is 2.34. The quantitative estimate of drug-likeness (QED) is 0.704. The lowest BCUT2D eigenvalue weighted by molar-refractivity contribution is -0.117. The van der Waals surface area contributed by atoms with Crippen LogP contribution in [-0.4, -0.2) is 47.7 Å². The maximum absolute atomic E-state index is 12.9. The Kier molecular flexibility index (Phi) is 6.29. The van der Waals surface area contributed by atoms with Crippen LogP contribution in [0.15, 0.2) is 47.4 Å². The average molecular weight is 420 g/mol. The van der Waals surface area contributed by atoms with Gasteiger partial charge in [-0.3, -0.25) is 4.79 Å². The van der Waals surface area contributed by atoms with E-state index < -0.39 is 16.1 Å². The number of nitrogens with one attached hydrogen (secondary N) is 1. The highest BCUT2D eigenvalue weighted by atomic mass is 32.2. The number of hydrogen-bond donors (Lipinski definition) is 1. The van der Waals surface area contributed by atoms with E-state index in [1.54, 1.807) is 35.2 Å². The number of ether oxygens (including phenoxy) is 3. The first-order chi connectivity index (χ1) is 13.9. The van der Waals surface area contributed by atoms with Crippen molar-refractivity contribution in [3.8, 4) is 17.2 Å². The van der Waals surface area contributed by atoms with Gasteiger partial charge in [-0.25, -0.2) is 13.1 Å². The van der Waals surface area contributed by atoms with Crippen LogP contribution in [0.2, 0.25) is 0 Å². The van der Waals surface area contributed by atoms with E-state index in [1.165, 1.54) is 26.4 Å². The molecule has 0 bridgehead atoms. The van der Waals surface area contributed by atoms with Gasteiger partial charge in [0.2, 0.25) is 15.9 Å². The Morgan fingerprint density at radius 3 is 2.38 bits per heavy atom. The second kappa shape index (κ2) is 8.71. The summed E-state index contributed by atoms with van der Waals surface area (Å²) in [4.78, 5) is 14.0. The molecule has 1 atom stereocenters. The van der Waals surface area contributed by atoms with Crippen LogP contribution in [0.4, 0.5) is 5.69 Å². The fraction of sp³-hybridized carbons (Fsp3) is 0.350. The molecule has 1 N–H and O–H groups in total. The van der Waals surface area contributed by atoms with E-state index in [-0.39, 0.29) is 29.5 Å². The van der Waals surface area contributed by atoms with E-state index >= 15 is 0 Å². The van der Waals surface area contributed by atoms with Crippen LogP contribution in [0, 0.1) is 0 Å². The molecule has 0 aliphatic carbocycles. The summed E-state index contributed by atoms with van der Waals surface area (Å²) in [5.41, 5.74) is 0.694. The van der Waals surface area contributed by atoms with Crippen LogP contribution in [0.5, 0.6) is 17.2 Å². The molecular weight excluding hydrogens is 396 g/mol. The molecule has 0 radical (unpaired) electrons. The van der Waals surface area contributed by atoms with Gasteiger partial charge >= 0.3 is 0 Å². The zero-order valence-electron chi connectivity index (χ0n) is 16.5. The van der Waals surface area contributed by atoms with E-state index in [9.17, 15) is 13.2 Å². The van der Waals surface area contributed by atoms with Crippen LogP contribution < -0.4 is 23.8 Å². The molecule has 156 valence electrons. The molecule has 1 aliphatic heterocycles. The van der Waals surface area contributed by atoms with E-state index in [0.29, 0.717) is 23.8 Å². The van der Waals surface area contributed by atoms with E-state index in [1.807, 2.05) is 6.92 Å². The number of carbonyl (C=O) groups excluding carboxylic acids is 1. The number of carbonyl (C=O) groups is 1. The minimum atomic E-state index is -3.92. The number of nitrogens with zero attached hydrogens (tertiary/aromatic N) is 1. The Morgan fingerprint density at radius 2 is 1.76 bits per heavy atom. The molecule has 1 saturated heterocycles. The molecule has 0 saturated carbocycles. The summed E-state index contributed by atoms with van der Waals surface area (Å²) in [6.45, 7) is 2.68. The first kappa shape index (κ1) is 20.9. The van der Waals surface area contributed by atoms with Crippen molar-refractivity contribution in [1.82, 2.24) is 4.72 Å². The molecule has 1 aliphatic rings. The lowest BCUT2D eigenvalue weighted by atomic mass is 10.3. The number of benzene rings is 2. The minimum absolute atomic E-state index is 0.0358. The molecule has 9 heteroatoms. The number of amides is 1. The van der Waals surface area contributed by atoms with Gasteiger partial charge in [0.25, 0.3) is 0 Å². The highest BCUT2D eigenvalue weighted by molar-refractivity contribution is 7.89. The second-order valence-corrected chi connectivity index (χ2v) is 8.15. The van der Waals surface area contributed by atoms with Crippen LogP contribution in [0.1, 0.15) is 13.3 Å². The Hall–Kier alpha value is -2.78. The van der Waals surface area contributed by atoms with Crippen molar-refractivity contribution >= 4 is 21.6 Å². The fourth-order valence-electron chi connectivity index (χ4n) is 3.20. The first-order valence-electron chi connectivity index (χ1n) is 9.15. The Morgan fingerprint density at radius 1 is 1.07 bits per heavy atom. The van der Waals surface area contributed by atoms with Crippen molar-refractivity contribution in [2.75, 3.05) is 32.3 Å². The van der Waals surface area contributed by atoms with Gasteiger partial charge in [-0.15, -0.1) is 0 Å². The first-order valence-corrected chi connectivity index (χ1v) is 10.6. The average Bonchev–Trinajstić information content (AvgIpc) is 3.07. The second-order valence-electron chi connectivity index (χ2n) is 6.47. The van der Waals surface area contributed by atoms with Crippen molar-refractivity contribution in [1.29, 1.82) is 0 Å². The number of sulfonamides is 1. The van der Waals surface area contributed by atoms with Crippen LogP contribution >= 0.6 is 0 Å². The zero-order valence-corrected chi connectivity index (χ0v) is 17.4. The lowest BCUT2D eigenvalue weighted by Crippen LogP contribution is -2.37. The fourth-order valence-corrected chi connectivity index (χ4v) is 4.61. The molecule has 1 amide bonds. The minimum Gasteiger partial charge on any atom is -0.497 e. The Labute approximate surface area is 170 Å². The van der Waals surface area contributed by atoms with Gasteiger partial charge in [-0.1, -0.05) is 0 Å². The van der Waals surface area contributed by atoms with Crippen LogP contribution in [0.25, 0.3) is 0 Å². The van der Waals surface area contributed by atoms with Gasteiger partial charge in [0.15, 0.2) is 0 Å². The molecule has 2 aromatic rings. The summed E-state index contributed by atoms with van der Waals surface area (Å²) < 4.78 is 44.1. The van der Waals surface area contributed by atoms with Gasteiger partial charge in [0.05, 0.1) is 20.8 Å². The zero-order chi connectivity index (χ0) is 21.0. The standard InChI is InChI=1S/C20H24N2O6S/c1-4-28-16-7-5-15(6-8-16)22-13-14(11-20(22)23)21-29(24,25)19-12-17(26-2)9-10-18(19)27-3/h5-10,12,14,21H,4,11,13H2,1-3H3/t14-/m1/s1. The molecule has 29 heavy (non-hydrogen) atoms. The SMILES string of the molecule is CCOc1ccc(N2C[C@H](NS(=O)(=O)c3cc(OC)ccc3OC)CC2=O)cc1. The molecule has 1 fully saturated rings. The van der Waals surface area contributed by atoms with Crippen molar-refractivity contribution in [2.45, 2.75) is 24.3 Å². The smallest absolute Gasteiger partial charge is 0.244 e. The number of rotatable bonds is 8. The summed E-state index contributed by atoms with van der Waals surface area (Å²) in [6, 6.07) is 11.1. The largest absolute Gasteiger partial charge is 0.497 e. The predicted molar refractivity (Wildman–Crippen MR) is 108 cm³/mol. The summed E-state index contributed by atoms with van der Waals surface area (Å²) in [5.74, 6) is 1.15. The molecular formula is C20H24N2O6S. The number of anilines is 1. The third-order valence-electron chi connectivity index (χ3n) is 4.57. The maximum atomic E-state index is 12.9. The number of methoxy groups -OCH3 is 2. The Balaban J connectivity index is 1.76. The van der Waals surface area contributed by atoms with Gasteiger partial charge in [-0.2, -0.15) is 0 Å². The monoisotopic (exact) mass is 420 g/mol. The molecule has 3 rings (SSSR count). The Bertz CT molecular complexity index is 975. The molecule has 0 spiro atoms. The molecule has 8 nitrogen and oxygen atoms in total. The summed E-state index contributed by atoms with van der Waals surface area (Å²) in [6.07, 6.45) is 0.0682. The van der Waals surface area contributed by atoms with Crippen LogP contribution in [0.3, 0.4) is 0 Å². The maximum Gasteiger partial charge on any atom is 0.244 e. The third-order valence-corrected chi connectivity index (χ3v) is 6.11. The van der Waals surface area contributed by atoms with Gasteiger partial charge < -0.3 is 19.1 Å².